The number of nitrogens with zero attached hydrogens (tertiary/aromatic N) is 1. The first-order valence-electron chi connectivity index (χ1n) is 8.33. The Morgan fingerprint density at radius 1 is 1.38 bits per heavy atom. The van der Waals surface area contributed by atoms with Crippen LogP contribution in [0.25, 0.3) is 0 Å². The largest absolute Gasteiger partial charge is 0.494 e. The summed E-state index contributed by atoms with van der Waals surface area (Å²) in [6.45, 7) is 10.4. The van der Waals surface area contributed by atoms with E-state index in [9.17, 15) is 10.1 Å². The minimum absolute atomic E-state index is 0.0352. The summed E-state index contributed by atoms with van der Waals surface area (Å²) < 4.78 is 5.66. The Hall–Kier alpha value is -2.48. The second kappa shape index (κ2) is 9.61. The van der Waals surface area contributed by atoms with Gasteiger partial charge < -0.3 is 15.4 Å². The first kappa shape index (κ1) is 19.6. The number of ether oxygens (including phenoxy) is 1. The van der Waals surface area contributed by atoms with Gasteiger partial charge in [-0.05, 0) is 40.2 Å². The first-order chi connectivity index (χ1) is 11.4. The molecule has 2 unspecified atom stereocenters. The highest BCUT2D eigenvalue weighted by atomic mass is 16.5. The third-order valence-corrected chi connectivity index (χ3v) is 3.76. The molecular weight excluding hydrogens is 302 g/mol. The summed E-state index contributed by atoms with van der Waals surface area (Å²) in [5.41, 5.74) is 2.18. The Labute approximate surface area is 144 Å². The molecule has 0 fully saturated rings. The van der Waals surface area contributed by atoms with E-state index in [1.165, 1.54) is 6.20 Å². The summed E-state index contributed by atoms with van der Waals surface area (Å²) in [6.07, 6.45) is 2.29. The number of aryl methyl sites for hydroxylation is 1. The van der Waals surface area contributed by atoms with Crippen molar-refractivity contribution < 1.29 is 9.53 Å². The van der Waals surface area contributed by atoms with E-state index in [0.717, 1.165) is 23.3 Å². The second-order valence-electron chi connectivity index (χ2n) is 5.82. The number of nitrogens with one attached hydrogen (secondary N) is 2. The summed E-state index contributed by atoms with van der Waals surface area (Å²) in [5, 5.41) is 15.1. The fraction of sp³-hybridized carbons (Fsp3) is 0.474. The summed E-state index contributed by atoms with van der Waals surface area (Å²) in [5.74, 6) is 0.444. The van der Waals surface area contributed by atoms with Crippen LogP contribution < -0.4 is 15.4 Å². The van der Waals surface area contributed by atoms with Crippen molar-refractivity contribution in [2.45, 2.75) is 53.1 Å². The lowest BCUT2D eigenvalue weighted by molar-refractivity contribution is -0.117. The van der Waals surface area contributed by atoms with Crippen LogP contribution in [0, 0.1) is 18.3 Å². The van der Waals surface area contributed by atoms with E-state index in [2.05, 4.69) is 10.6 Å². The minimum atomic E-state index is -0.360. The molecule has 5 nitrogen and oxygen atoms in total. The molecule has 130 valence electrons. The van der Waals surface area contributed by atoms with Crippen molar-refractivity contribution in [3.05, 3.63) is 41.1 Å². The molecule has 2 N–H and O–H groups in total. The molecule has 1 rings (SSSR count). The minimum Gasteiger partial charge on any atom is -0.494 e. The van der Waals surface area contributed by atoms with Crippen LogP contribution in [0.4, 0.5) is 0 Å². The Bertz CT molecular complexity index is 632. The molecule has 0 spiro atoms. The molecule has 0 bridgehead atoms. The van der Waals surface area contributed by atoms with E-state index in [4.69, 9.17) is 4.74 Å². The van der Waals surface area contributed by atoms with E-state index >= 15 is 0 Å². The Morgan fingerprint density at radius 2 is 2.08 bits per heavy atom. The molecule has 0 aliphatic heterocycles. The van der Waals surface area contributed by atoms with Gasteiger partial charge in [0, 0.05) is 17.8 Å². The first-order valence-corrected chi connectivity index (χ1v) is 8.33. The molecule has 0 aliphatic carbocycles. The standard InChI is InChI=1S/C19H27N3O2/c1-6-14(4)22-19(23)16(11-20)12-21-15(5)17-10-13(3)8-9-18(17)24-7-2/h8-10,12,14-15,21H,6-7H2,1-5H3,(H,22,23)/b16-12-. The Morgan fingerprint density at radius 3 is 2.67 bits per heavy atom. The number of rotatable bonds is 8. The molecule has 0 heterocycles. The highest BCUT2D eigenvalue weighted by Crippen LogP contribution is 2.26. The van der Waals surface area contributed by atoms with Crippen molar-refractivity contribution >= 4 is 5.91 Å². The van der Waals surface area contributed by atoms with Gasteiger partial charge in [0.25, 0.3) is 5.91 Å². The van der Waals surface area contributed by atoms with Gasteiger partial charge in [-0.1, -0.05) is 24.6 Å². The van der Waals surface area contributed by atoms with E-state index in [-0.39, 0.29) is 23.6 Å². The molecule has 5 heteroatoms. The number of hydrogen-bond donors (Lipinski definition) is 2. The SMILES string of the molecule is CCOc1ccc(C)cc1C(C)N/C=C(/C#N)C(=O)NC(C)CC. The molecule has 0 saturated heterocycles. The summed E-state index contributed by atoms with van der Waals surface area (Å²) in [7, 11) is 0. The Kier molecular flexibility index (Phi) is 7.84. The quantitative estimate of drug-likeness (QED) is 0.566. The van der Waals surface area contributed by atoms with Crippen LogP contribution in [0.2, 0.25) is 0 Å². The fourth-order valence-corrected chi connectivity index (χ4v) is 2.14. The van der Waals surface area contributed by atoms with Crippen molar-refractivity contribution in [2.24, 2.45) is 0 Å². The smallest absolute Gasteiger partial charge is 0.263 e. The fourth-order valence-electron chi connectivity index (χ4n) is 2.14. The zero-order valence-corrected chi connectivity index (χ0v) is 15.1. The third-order valence-electron chi connectivity index (χ3n) is 3.76. The van der Waals surface area contributed by atoms with Crippen LogP contribution in [0.5, 0.6) is 5.75 Å². The maximum absolute atomic E-state index is 12.0. The van der Waals surface area contributed by atoms with Gasteiger partial charge in [0.15, 0.2) is 0 Å². The molecule has 0 aliphatic rings. The van der Waals surface area contributed by atoms with Gasteiger partial charge in [0.05, 0.1) is 12.6 Å². The summed E-state index contributed by atoms with van der Waals surface area (Å²) in [6, 6.07) is 7.87. The van der Waals surface area contributed by atoms with Gasteiger partial charge in [-0.2, -0.15) is 5.26 Å². The van der Waals surface area contributed by atoms with E-state index in [1.54, 1.807) is 0 Å². The maximum atomic E-state index is 12.0. The molecule has 1 amide bonds. The van der Waals surface area contributed by atoms with Crippen LogP contribution >= 0.6 is 0 Å². The lowest BCUT2D eigenvalue weighted by atomic mass is 10.0. The topological polar surface area (TPSA) is 74.1 Å². The van der Waals surface area contributed by atoms with Crippen molar-refractivity contribution in [3.8, 4) is 11.8 Å². The second-order valence-corrected chi connectivity index (χ2v) is 5.82. The Balaban J connectivity index is 2.90. The maximum Gasteiger partial charge on any atom is 0.263 e. The zero-order valence-electron chi connectivity index (χ0n) is 15.1. The number of carbonyl (C=O) groups is 1. The number of carbonyl (C=O) groups excluding carboxylic acids is 1. The van der Waals surface area contributed by atoms with Crippen LogP contribution in [-0.4, -0.2) is 18.6 Å². The van der Waals surface area contributed by atoms with Crippen molar-refractivity contribution in [3.63, 3.8) is 0 Å². The number of benzene rings is 1. The monoisotopic (exact) mass is 329 g/mol. The van der Waals surface area contributed by atoms with Crippen LogP contribution in [0.15, 0.2) is 30.0 Å². The summed E-state index contributed by atoms with van der Waals surface area (Å²) >= 11 is 0. The molecule has 24 heavy (non-hydrogen) atoms. The van der Waals surface area contributed by atoms with Crippen LogP contribution in [0.1, 0.15) is 51.3 Å². The average molecular weight is 329 g/mol. The van der Waals surface area contributed by atoms with Crippen molar-refractivity contribution in [1.29, 1.82) is 5.26 Å². The van der Waals surface area contributed by atoms with Crippen molar-refractivity contribution in [2.75, 3.05) is 6.61 Å². The van der Waals surface area contributed by atoms with Gasteiger partial charge in [0.1, 0.15) is 17.4 Å². The van der Waals surface area contributed by atoms with E-state index in [0.29, 0.717) is 6.61 Å². The van der Waals surface area contributed by atoms with Gasteiger partial charge in [-0.25, -0.2) is 0 Å². The molecule has 2 atom stereocenters. The highest BCUT2D eigenvalue weighted by molar-refractivity contribution is 5.97. The number of nitriles is 1. The van der Waals surface area contributed by atoms with Gasteiger partial charge in [-0.15, -0.1) is 0 Å². The van der Waals surface area contributed by atoms with Gasteiger partial charge in [0.2, 0.25) is 0 Å². The van der Waals surface area contributed by atoms with Crippen LogP contribution in [0.3, 0.4) is 0 Å². The summed E-state index contributed by atoms with van der Waals surface area (Å²) in [4.78, 5) is 12.0. The molecule has 1 aromatic carbocycles. The van der Waals surface area contributed by atoms with Crippen LogP contribution in [-0.2, 0) is 4.79 Å². The molecular formula is C19H27N3O2. The molecule has 1 aromatic rings. The predicted molar refractivity (Wildman–Crippen MR) is 95.5 cm³/mol. The third kappa shape index (κ3) is 5.62. The van der Waals surface area contributed by atoms with Crippen molar-refractivity contribution in [1.82, 2.24) is 10.6 Å². The highest BCUT2D eigenvalue weighted by Gasteiger charge is 2.14. The average Bonchev–Trinajstić information content (AvgIpc) is 2.56. The van der Waals surface area contributed by atoms with E-state index in [1.807, 2.05) is 58.9 Å². The predicted octanol–water partition coefficient (Wildman–Crippen LogP) is 3.37. The van der Waals surface area contributed by atoms with Gasteiger partial charge in [-0.3, -0.25) is 4.79 Å². The lowest BCUT2D eigenvalue weighted by Gasteiger charge is -2.18. The normalized spacial score (nSPS) is 13.6. The molecule has 0 saturated carbocycles. The zero-order chi connectivity index (χ0) is 18.1. The van der Waals surface area contributed by atoms with E-state index < -0.39 is 0 Å². The number of amides is 1. The molecule has 0 radical (unpaired) electrons. The van der Waals surface area contributed by atoms with Gasteiger partial charge >= 0.3 is 0 Å². The molecule has 0 aromatic heterocycles. The lowest BCUT2D eigenvalue weighted by Crippen LogP contribution is -2.33. The number of hydrogen-bond acceptors (Lipinski definition) is 4.